The Balaban J connectivity index is 2.79. The van der Waals surface area contributed by atoms with Crippen LogP contribution in [0.3, 0.4) is 0 Å². The summed E-state index contributed by atoms with van der Waals surface area (Å²) in [5, 5.41) is 0. The van der Waals surface area contributed by atoms with Crippen molar-refractivity contribution in [3.8, 4) is 0 Å². The van der Waals surface area contributed by atoms with Gasteiger partial charge in [-0.3, -0.25) is 0 Å². The van der Waals surface area contributed by atoms with Crippen LogP contribution in [0.4, 0.5) is 0 Å². The maximum absolute atomic E-state index is 5.87. The Bertz CT molecular complexity index is 469. The molecule has 0 radical (unpaired) electrons. The molecule has 0 aliphatic carbocycles. The highest BCUT2D eigenvalue weighted by Crippen LogP contribution is 2.18. The largest absolute Gasteiger partial charge is 0.323 e. The minimum Gasteiger partial charge on any atom is -0.323 e. The zero-order valence-corrected chi connectivity index (χ0v) is 8.78. The second-order valence-corrected chi connectivity index (χ2v) is 3.79. The molecule has 0 spiro atoms. The second-order valence-electron chi connectivity index (χ2n) is 3.79. The van der Waals surface area contributed by atoms with Gasteiger partial charge in [0.2, 0.25) is 0 Å². The highest BCUT2D eigenvalue weighted by molar-refractivity contribution is 5.55. The van der Waals surface area contributed by atoms with Crippen molar-refractivity contribution in [2.75, 3.05) is 0 Å². The fourth-order valence-electron chi connectivity index (χ4n) is 1.71. The molecule has 2 aromatic heterocycles. The van der Waals surface area contributed by atoms with Crippen molar-refractivity contribution >= 4 is 5.52 Å². The molecule has 0 bridgehead atoms. The van der Waals surface area contributed by atoms with Crippen LogP contribution < -0.4 is 5.73 Å². The molecular weight excluding hydrogens is 174 g/mol. The standard InChI is InChI=1S/C11H15N3/c1-7-4-5-14-9(3)13-11(8(2)12)10(14)6-7/h4-6,8H,12H2,1-3H3. The van der Waals surface area contributed by atoms with E-state index in [-0.39, 0.29) is 6.04 Å². The van der Waals surface area contributed by atoms with Crippen LogP contribution in [0.15, 0.2) is 18.3 Å². The Hall–Kier alpha value is -1.35. The summed E-state index contributed by atoms with van der Waals surface area (Å²) >= 11 is 0. The number of rotatable bonds is 1. The summed E-state index contributed by atoms with van der Waals surface area (Å²) in [5.41, 5.74) is 9.20. The Labute approximate surface area is 83.6 Å². The molecule has 0 fully saturated rings. The summed E-state index contributed by atoms with van der Waals surface area (Å²) in [6.07, 6.45) is 2.04. The zero-order valence-electron chi connectivity index (χ0n) is 8.78. The Morgan fingerprint density at radius 1 is 1.43 bits per heavy atom. The van der Waals surface area contributed by atoms with E-state index in [1.54, 1.807) is 0 Å². The summed E-state index contributed by atoms with van der Waals surface area (Å²) in [4.78, 5) is 4.47. The molecule has 2 aromatic rings. The molecule has 0 aliphatic heterocycles. The summed E-state index contributed by atoms with van der Waals surface area (Å²) < 4.78 is 2.08. The maximum Gasteiger partial charge on any atom is 0.110 e. The Kier molecular flexibility index (Phi) is 2.04. The van der Waals surface area contributed by atoms with Crippen molar-refractivity contribution in [1.82, 2.24) is 9.38 Å². The van der Waals surface area contributed by atoms with E-state index in [0.29, 0.717) is 0 Å². The molecule has 1 unspecified atom stereocenters. The lowest BCUT2D eigenvalue weighted by Gasteiger charge is -2.02. The maximum atomic E-state index is 5.87. The lowest BCUT2D eigenvalue weighted by atomic mass is 10.2. The molecule has 74 valence electrons. The normalized spacial score (nSPS) is 13.4. The van der Waals surface area contributed by atoms with Crippen LogP contribution in [0.1, 0.15) is 30.0 Å². The van der Waals surface area contributed by atoms with Gasteiger partial charge in [-0.2, -0.15) is 0 Å². The molecule has 0 saturated carbocycles. The minimum absolute atomic E-state index is 0.0134. The number of imidazole rings is 1. The number of nitrogens with two attached hydrogens (primary N) is 1. The fourth-order valence-corrected chi connectivity index (χ4v) is 1.71. The predicted octanol–water partition coefficient (Wildman–Crippen LogP) is 1.97. The van der Waals surface area contributed by atoms with Gasteiger partial charge in [0.15, 0.2) is 0 Å². The molecule has 0 aromatic carbocycles. The summed E-state index contributed by atoms with van der Waals surface area (Å²) in [7, 11) is 0. The summed E-state index contributed by atoms with van der Waals surface area (Å²) in [5.74, 6) is 0.993. The summed E-state index contributed by atoms with van der Waals surface area (Å²) in [6.45, 7) is 6.03. The van der Waals surface area contributed by atoms with E-state index in [2.05, 4.69) is 28.4 Å². The topological polar surface area (TPSA) is 43.3 Å². The smallest absolute Gasteiger partial charge is 0.110 e. The SMILES string of the molecule is Cc1ccn2c(C)nc(C(C)N)c2c1. The predicted molar refractivity (Wildman–Crippen MR) is 57.3 cm³/mol. The van der Waals surface area contributed by atoms with E-state index in [9.17, 15) is 0 Å². The number of hydrogen-bond donors (Lipinski definition) is 1. The molecule has 2 rings (SSSR count). The average Bonchev–Trinajstić information content (AvgIpc) is 2.43. The number of nitrogens with zero attached hydrogens (tertiary/aromatic N) is 2. The van der Waals surface area contributed by atoms with Gasteiger partial charge in [0.05, 0.1) is 11.2 Å². The molecule has 3 heteroatoms. The van der Waals surface area contributed by atoms with E-state index in [0.717, 1.165) is 17.0 Å². The van der Waals surface area contributed by atoms with Gasteiger partial charge in [-0.05, 0) is 38.5 Å². The van der Waals surface area contributed by atoms with Crippen LogP contribution in [0.5, 0.6) is 0 Å². The number of aromatic nitrogens is 2. The first-order valence-electron chi connectivity index (χ1n) is 4.80. The molecule has 0 saturated heterocycles. The van der Waals surface area contributed by atoms with Crippen LogP contribution in [0, 0.1) is 13.8 Å². The van der Waals surface area contributed by atoms with Crippen LogP contribution in [0.2, 0.25) is 0 Å². The van der Waals surface area contributed by atoms with Crippen molar-refractivity contribution < 1.29 is 0 Å². The molecular formula is C11H15N3. The molecule has 2 N–H and O–H groups in total. The van der Waals surface area contributed by atoms with Gasteiger partial charge in [-0.25, -0.2) is 4.98 Å². The van der Waals surface area contributed by atoms with E-state index >= 15 is 0 Å². The number of hydrogen-bond acceptors (Lipinski definition) is 2. The van der Waals surface area contributed by atoms with Crippen molar-refractivity contribution in [2.24, 2.45) is 5.73 Å². The van der Waals surface area contributed by atoms with E-state index in [1.165, 1.54) is 5.56 Å². The zero-order chi connectivity index (χ0) is 10.3. The van der Waals surface area contributed by atoms with Gasteiger partial charge in [0, 0.05) is 12.2 Å². The monoisotopic (exact) mass is 189 g/mol. The molecule has 2 heterocycles. The van der Waals surface area contributed by atoms with Gasteiger partial charge in [0.1, 0.15) is 5.82 Å². The lowest BCUT2D eigenvalue weighted by molar-refractivity contribution is 0.793. The van der Waals surface area contributed by atoms with Gasteiger partial charge in [0.25, 0.3) is 0 Å². The van der Waals surface area contributed by atoms with Gasteiger partial charge >= 0.3 is 0 Å². The van der Waals surface area contributed by atoms with E-state index in [4.69, 9.17) is 5.73 Å². The molecule has 1 atom stereocenters. The quantitative estimate of drug-likeness (QED) is 0.745. The molecule has 0 amide bonds. The summed E-state index contributed by atoms with van der Waals surface area (Å²) in [6, 6.07) is 4.19. The van der Waals surface area contributed by atoms with Crippen LogP contribution in [-0.4, -0.2) is 9.38 Å². The Morgan fingerprint density at radius 3 is 2.79 bits per heavy atom. The first kappa shape index (κ1) is 9.21. The molecule has 14 heavy (non-hydrogen) atoms. The van der Waals surface area contributed by atoms with Gasteiger partial charge in [-0.15, -0.1) is 0 Å². The first-order valence-corrected chi connectivity index (χ1v) is 4.80. The minimum atomic E-state index is -0.0134. The van der Waals surface area contributed by atoms with E-state index < -0.39 is 0 Å². The average molecular weight is 189 g/mol. The van der Waals surface area contributed by atoms with E-state index in [1.807, 2.05) is 20.0 Å². The lowest BCUT2D eigenvalue weighted by Crippen LogP contribution is -2.05. The molecule has 3 nitrogen and oxygen atoms in total. The number of pyridine rings is 1. The highest BCUT2D eigenvalue weighted by Gasteiger charge is 2.10. The third-order valence-electron chi connectivity index (χ3n) is 2.44. The number of aryl methyl sites for hydroxylation is 2. The van der Waals surface area contributed by atoms with Crippen molar-refractivity contribution in [3.63, 3.8) is 0 Å². The third kappa shape index (κ3) is 1.30. The van der Waals surface area contributed by atoms with Crippen molar-refractivity contribution in [2.45, 2.75) is 26.8 Å². The van der Waals surface area contributed by atoms with Crippen molar-refractivity contribution in [3.05, 3.63) is 35.4 Å². The second kappa shape index (κ2) is 3.10. The highest BCUT2D eigenvalue weighted by atomic mass is 15.0. The molecule has 0 aliphatic rings. The third-order valence-corrected chi connectivity index (χ3v) is 2.44. The van der Waals surface area contributed by atoms with Crippen LogP contribution in [0.25, 0.3) is 5.52 Å². The Morgan fingerprint density at radius 2 is 2.14 bits per heavy atom. The van der Waals surface area contributed by atoms with Gasteiger partial charge < -0.3 is 10.1 Å². The first-order chi connectivity index (χ1) is 6.59. The van der Waals surface area contributed by atoms with Crippen LogP contribution in [-0.2, 0) is 0 Å². The van der Waals surface area contributed by atoms with Crippen LogP contribution >= 0.6 is 0 Å². The number of fused-ring (bicyclic) bond motifs is 1. The fraction of sp³-hybridized carbons (Fsp3) is 0.364. The van der Waals surface area contributed by atoms with Gasteiger partial charge in [-0.1, -0.05) is 0 Å². The van der Waals surface area contributed by atoms with Crippen molar-refractivity contribution in [1.29, 1.82) is 0 Å².